The fourth-order valence-corrected chi connectivity index (χ4v) is 1.42. The SMILES string of the molecule is Cc1nc2c(F)cc(Br)cn2n1. The Labute approximate surface area is 76.4 Å². The van der Waals surface area contributed by atoms with Crippen LogP contribution in [-0.4, -0.2) is 14.6 Å². The molecule has 3 nitrogen and oxygen atoms in total. The zero-order chi connectivity index (χ0) is 8.72. The first-order valence-corrected chi connectivity index (χ1v) is 4.14. The second-order valence-electron chi connectivity index (χ2n) is 2.43. The van der Waals surface area contributed by atoms with Crippen LogP contribution in [0, 0.1) is 12.7 Å². The summed E-state index contributed by atoms with van der Waals surface area (Å²) < 4.78 is 15.2. The van der Waals surface area contributed by atoms with Crippen LogP contribution in [0.25, 0.3) is 5.65 Å². The fourth-order valence-electron chi connectivity index (χ4n) is 1.02. The lowest BCUT2D eigenvalue weighted by Gasteiger charge is -1.93. The van der Waals surface area contributed by atoms with E-state index >= 15 is 0 Å². The van der Waals surface area contributed by atoms with Gasteiger partial charge >= 0.3 is 0 Å². The molecule has 0 fully saturated rings. The van der Waals surface area contributed by atoms with Gasteiger partial charge in [0.1, 0.15) is 5.82 Å². The number of nitrogens with zero attached hydrogens (tertiary/aromatic N) is 3. The van der Waals surface area contributed by atoms with Crippen LogP contribution < -0.4 is 0 Å². The molecule has 2 heterocycles. The maximum absolute atomic E-state index is 13.1. The second kappa shape index (κ2) is 2.52. The molecule has 0 aromatic carbocycles. The van der Waals surface area contributed by atoms with E-state index in [9.17, 15) is 4.39 Å². The number of hydrogen-bond donors (Lipinski definition) is 0. The topological polar surface area (TPSA) is 30.2 Å². The summed E-state index contributed by atoms with van der Waals surface area (Å²) >= 11 is 3.16. The van der Waals surface area contributed by atoms with Gasteiger partial charge in [-0.25, -0.2) is 13.9 Å². The molecule has 0 radical (unpaired) electrons. The lowest BCUT2D eigenvalue weighted by Crippen LogP contribution is -1.90. The van der Waals surface area contributed by atoms with E-state index in [-0.39, 0.29) is 11.5 Å². The minimum Gasteiger partial charge on any atom is -0.217 e. The second-order valence-corrected chi connectivity index (χ2v) is 3.35. The monoisotopic (exact) mass is 229 g/mol. The smallest absolute Gasteiger partial charge is 0.191 e. The van der Waals surface area contributed by atoms with Crippen molar-refractivity contribution in [3.63, 3.8) is 0 Å². The van der Waals surface area contributed by atoms with E-state index in [0.717, 1.165) is 0 Å². The molecule has 0 aliphatic heterocycles. The predicted octanol–water partition coefficient (Wildman–Crippen LogP) is 1.94. The number of fused-ring (bicyclic) bond motifs is 1. The van der Waals surface area contributed by atoms with Crippen molar-refractivity contribution in [3.8, 4) is 0 Å². The van der Waals surface area contributed by atoms with Crippen molar-refractivity contribution < 1.29 is 4.39 Å². The van der Waals surface area contributed by atoms with Gasteiger partial charge in [0.15, 0.2) is 11.5 Å². The third-order valence-electron chi connectivity index (χ3n) is 1.46. The average Bonchev–Trinajstić information content (AvgIpc) is 2.29. The Morgan fingerprint density at radius 1 is 1.58 bits per heavy atom. The highest BCUT2D eigenvalue weighted by molar-refractivity contribution is 9.10. The molecule has 0 bridgehead atoms. The Balaban J connectivity index is 2.88. The van der Waals surface area contributed by atoms with Gasteiger partial charge in [0.05, 0.1) is 0 Å². The molecule has 2 aromatic heterocycles. The van der Waals surface area contributed by atoms with Crippen LogP contribution >= 0.6 is 15.9 Å². The van der Waals surface area contributed by atoms with Crippen LogP contribution in [0.5, 0.6) is 0 Å². The van der Waals surface area contributed by atoms with Gasteiger partial charge in [-0.1, -0.05) is 0 Å². The number of pyridine rings is 1. The van der Waals surface area contributed by atoms with Crippen LogP contribution in [-0.2, 0) is 0 Å². The predicted molar refractivity (Wildman–Crippen MR) is 45.4 cm³/mol. The first kappa shape index (κ1) is 7.67. The minimum atomic E-state index is -0.370. The molecule has 12 heavy (non-hydrogen) atoms. The lowest BCUT2D eigenvalue weighted by molar-refractivity contribution is 0.626. The normalized spacial score (nSPS) is 10.9. The maximum atomic E-state index is 13.1. The third-order valence-corrected chi connectivity index (χ3v) is 1.89. The first-order valence-electron chi connectivity index (χ1n) is 3.35. The minimum absolute atomic E-state index is 0.260. The summed E-state index contributed by atoms with van der Waals surface area (Å²) in [6.45, 7) is 1.72. The zero-order valence-corrected chi connectivity index (χ0v) is 7.84. The van der Waals surface area contributed by atoms with Gasteiger partial charge in [-0.05, 0) is 28.9 Å². The summed E-state index contributed by atoms with van der Waals surface area (Å²) in [5, 5.41) is 3.97. The van der Waals surface area contributed by atoms with Crippen molar-refractivity contribution >= 4 is 21.6 Å². The molecule has 0 N–H and O–H groups in total. The fraction of sp³-hybridized carbons (Fsp3) is 0.143. The van der Waals surface area contributed by atoms with Crippen molar-refractivity contribution in [3.05, 3.63) is 28.4 Å². The van der Waals surface area contributed by atoms with Crippen LogP contribution in [0.3, 0.4) is 0 Å². The van der Waals surface area contributed by atoms with Gasteiger partial charge in [-0.3, -0.25) is 0 Å². The molecule has 0 saturated carbocycles. The van der Waals surface area contributed by atoms with Gasteiger partial charge < -0.3 is 0 Å². The van der Waals surface area contributed by atoms with Crippen LogP contribution in [0.1, 0.15) is 5.82 Å². The van der Waals surface area contributed by atoms with Crippen LogP contribution in [0.2, 0.25) is 0 Å². The number of aromatic nitrogens is 3. The van der Waals surface area contributed by atoms with Gasteiger partial charge in [0, 0.05) is 10.7 Å². The highest BCUT2D eigenvalue weighted by Gasteiger charge is 2.05. The van der Waals surface area contributed by atoms with Crippen molar-refractivity contribution in [1.82, 2.24) is 14.6 Å². The van der Waals surface area contributed by atoms with Crippen molar-refractivity contribution in [2.75, 3.05) is 0 Å². The largest absolute Gasteiger partial charge is 0.217 e. The van der Waals surface area contributed by atoms with Crippen LogP contribution in [0.4, 0.5) is 4.39 Å². The molecule has 0 spiro atoms. The number of rotatable bonds is 0. The number of aryl methyl sites for hydroxylation is 1. The van der Waals surface area contributed by atoms with E-state index in [4.69, 9.17) is 0 Å². The molecule has 0 atom stereocenters. The average molecular weight is 230 g/mol. The van der Waals surface area contributed by atoms with Gasteiger partial charge in [-0.2, -0.15) is 5.10 Å². The van der Waals surface area contributed by atoms with E-state index in [1.165, 1.54) is 10.6 Å². The molecule has 62 valence electrons. The molecule has 0 aliphatic carbocycles. The molecular weight excluding hydrogens is 225 g/mol. The molecule has 0 unspecified atom stereocenters. The first-order chi connectivity index (χ1) is 5.66. The molecule has 2 aromatic rings. The standard InChI is InChI=1S/C7H5BrFN3/c1-4-10-7-6(9)2-5(8)3-12(7)11-4/h2-3H,1H3. The molecular formula is C7H5BrFN3. The lowest BCUT2D eigenvalue weighted by atomic mass is 10.5. The maximum Gasteiger partial charge on any atom is 0.191 e. The van der Waals surface area contributed by atoms with E-state index in [1.54, 1.807) is 13.1 Å². The molecule has 0 amide bonds. The van der Waals surface area contributed by atoms with Crippen molar-refractivity contribution in [1.29, 1.82) is 0 Å². The molecule has 0 aliphatic rings. The van der Waals surface area contributed by atoms with E-state index in [2.05, 4.69) is 26.0 Å². The Kier molecular flexibility index (Phi) is 1.61. The highest BCUT2D eigenvalue weighted by atomic mass is 79.9. The van der Waals surface area contributed by atoms with Gasteiger partial charge in [0.25, 0.3) is 0 Å². The Hall–Kier alpha value is -0.970. The quantitative estimate of drug-likeness (QED) is 0.692. The van der Waals surface area contributed by atoms with Crippen molar-refractivity contribution in [2.45, 2.75) is 6.92 Å². The summed E-state index contributed by atoms with van der Waals surface area (Å²) in [5.41, 5.74) is 0.260. The Morgan fingerprint density at radius 3 is 3.08 bits per heavy atom. The molecule has 0 saturated heterocycles. The van der Waals surface area contributed by atoms with E-state index < -0.39 is 0 Å². The summed E-state index contributed by atoms with van der Waals surface area (Å²) in [4.78, 5) is 3.91. The summed E-state index contributed by atoms with van der Waals surface area (Å²) in [7, 11) is 0. The van der Waals surface area contributed by atoms with E-state index in [1.807, 2.05) is 0 Å². The number of halogens is 2. The molecule has 2 rings (SSSR count). The summed E-state index contributed by atoms with van der Waals surface area (Å²) in [6.07, 6.45) is 1.67. The Morgan fingerprint density at radius 2 is 2.33 bits per heavy atom. The van der Waals surface area contributed by atoms with Gasteiger partial charge in [-0.15, -0.1) is 0 Å². The van der Waals surface area contributed by atoms with E-state index in [0.29, 0.717) is 10.3 Å². The number of hydrogen-bond acceptors (Lipinski definition) is 2. The molecule has 5 heteroatoms. The summed E-state index contributed by atoms with van der Waals surface area (Å²) in [6, 6.07) is 1.36. The third kappa shape index (κ3) is 1.10. The van der Waals surface area contributed by atoms with Crippen LogP contribution in [0.15, 0.2) is 16.7 Å². The summed E-state index contributed by atoms with van der Waals surface area (Å²) in [5.74, 6) is 0.192. The van der Waals surface area contributed by atoms with Crippen molar-refractivity contribution in [2.24, 2.45) is 0 Å². The van der Waals surface area contributed by atoms with Gasteiger partial charge in [0.2, 0.25) is 0 Å². The highest BCUT2D eigenvalue weighted by Crippen LogP contribution is 2.14. The zero-order valence-electron chi connectivity index (χ0n) is 6.25. The Bertz CT molecular complexity index is 437.